The average molecular weight is 441 g/mol. The Kier molecular flexibility index (Phi) is 6.22. The van der Waals surface area contributed by atoms with Crippen LogP contribution in [0.2, 0.25) is 0 Å². The molecule has 2 heterocycles. The van der Waals surface area contributed by atoms with Crippen molar-refractivity contribution in [2.45, 2.75) is 32.1 Å². The molecule has 0 N–H and O–H groups in total. The van der Waals surface area contributed by atoms with E-state index in [4.69, 9.17) is 4.42 Å². The van der Waals surface area contributed by atoms with Gasteiger partial charge in [-0.25, -0.2) is 8.42 Å². The van der Waals surface area contributed by atoms with Crippen molar-refractivity contribution in [1.82, 2.24) is 19.4 Å². The number of rotatable bonds is 6. The largest absolute Gasteiger partial charge is 0.421 e. The van der Waals surface area contributed by atoms with Crippen molar-refractivity contribution in [3.63, 3.8) is 0 Å². The summed E-state index contributed by atoms with van der Waals surface area (Å²) in [6.45, 7) is 8.82. The number of hydrogen-bond donors (Lipinski definition) is 0. The van der Waals surface area contributed by atoms with Gasteiger partial charge in [0.05, 0.1) is 4.90 Å². The lowest BCUT2D eigenvalue weighted by molar-refractivity contribution is 0.187. The van der Waals surface area contributed by atoms with Gasteiger partial charge in [-0.3, -0.25) is 0 Å². The van der Waals surface area contributed by atoms with Crippen LogP contribution in [-0.2, 0) is 16.4 Å². The number of sulfonamides is 1. The lowest BCUT2D eigenvalue weighted by Gasteiger charge is -2.34. The molecule has 1 aliphatic heterocycles. The third-order valence-electron chi connectivity index (χ3n) is 5.66. The molecule has 8 heteroatoms. The molecule has 2 aromatic carbocycles. The zero-order valence-corrected chi connectivity index (χ0v) is 19.0. The summed E-state index contributed by atoms with van der Waals surface area (Å²) in [4.78, 5) is 2.69. The van der Waals surface area contributed by atoms with Crippen LogP contribution in [0.5, 0.6) is 0 Å². The molecule has 0 bridgehead atoms. The summed E-state index contributed by atoms with van der Waals surface area (Å²) < 4.78 is 33.9. The zero-order chi connectivity index (χ0) is 22.0. The Morgan fingerprint density at radius 2 is 1.58 bits per heavy atom. The molecule has 0 amide bonds. The molecule has 7 nitrogen and oxygen atoms in total. The van der Waals surface area contributed by atoms with Crippen molar-refractivity contribution >= 4 is 10.0 Å². The second kappa shape index (κ2) is 8.90. The molecule has 1 aliphatic rings. The monoisotopic (exact) mass is 440 g/mol. The minimum absolute atomic E-state index is 0.450. The van der Waals surface area contributed by atoms with Gasteiger partial charge in [0.25, 0.3) is 0 Å². The summed E-state index contributed by atoms with van der Waals surface area (Å²) in [5.41, 5.74) is 3.60. The molecule has 4 rings (SSSR count). The molecule has 0 spiro atoms. The van der Waals surface area contributed by atoms with E-state index in [-0.39, 0.29) is 0 Å². The number of piperazine rings is 1. The Hall–Kier alpha value is -2.55. The SMILES string of the molecule is Cc1cc(C)c(S(=O)(=O)N2CCN(CCc3nnc(-c4ccccc4)o3)CC2)c(C)c1. The van der Waals surface area contributed by atoms with Gasteiger partial charge in [-0.15, -0.1) is 10.2 Å². The summed E-state index contributed by atoms with van der Waals surface area (Å²) in [5.74, 6) is 1.12. The highest BCUT2D eigenvalue weighted by atomic mass is 32.2. The predicted octanol–water partition coefficient (Wildman–Crippen LogP) is 3.21. The van der Waals surface area contributed by atoms with Crippen LogP contribution in [-0.4, -0.2) is 60.5 Å². The third kappa shape index (κ3) is 4.71. The Balaban J connectivity index is 1.35. The summed E-state index contributed by atoms with van der Waals surface area (Å²) in [5, 5.41) is 8.28. The van der Waals surface area contributed by atoms with Crippen LogP contribution in [0.1, 0.15) is 22.6 Å². The van der Waals surface area contributed by atoms with E-state index < -0.39 is 10.0 Å². The number of nitrogens with zero attached hydrogens (tertiary/aromatic N) is 4. The second-order valence-electron chi connectivity index (χ2n) is 8.09. The van der Waals surface area contributed by atoms with Crippen LogP contribution in [0, 0.1) is 20.8 Å². The summed E-state index contributed by atoms with van der Waals surface area (Å²) >= 11 is 0. The molecular formula is C23H28N4O3S. The molecule has 164 valence electrons. The molecule has 0 saturated carbocycles. The Bertz CT molecular complexity index is 1130. The fourth-order valence-corrected chi connectivity index (χ4v) is 6.04. The van der Waals surface area contributed by atoms with E-state index in [1.165, 1.54) is 0 Å². The summed E-state index contributed by atoms with van der Waals surface area (Å²) in [6.07, 6.45) is 0.642. The van der Waals surface area contributed by atoms with Crippen LogP contribution in [0.3, 0.4) is 0 Å². The van der Waals surface area contributed by atoms with Gasteiger partial charge in [-0.05, 0) is 44.0 Å². The van der Waals surface area contributed by atoms with Crippen LogP contribution < -0.4 is 0 Å². The minimum Gasteiger partial charge on any atom is -0.421 e. The fraction of sp³-hybridized carbons (Fsp3) is 0.391. The summed E-state index contributed by atoms with van der Waals surface area (Å²) in [7, 11) is -3.49. The second-order valence-corrected chi connectivity index (χ2v) is 9.97. The first kappa shape index (κ1) is 21.7. The van der Waals surface area contributed by atoms with Gasteiger partial charge >= 0.3 is 0 Å². The summed E-state index contributed by atoms with van der Waals surface area (Å²) in [6, 6.07) is 13.6. The normalized spacial score (nSPS) is 16.0. The molecule has 0 aliphatic carbocycles. The Labute approximate surface area is 183 Å². The molecule has 0 unspecified atom stereocenters. The highest BCUT2D eigenvalue weighted by Gasteiger charge is 2.30. The highest BCUT2D eigenvalue weighted by molar-refractivity contribution is 7.89. The van der Waals surface area contributed by atoms with Crippen molar-refractivity contribution in [2.75, 3.05) is 32.7 Å². The van der Waals surface area contributed by atoms with Crippen molar-refractivity contribution in [1.29, 1.82) is 0 Å². The van der Waals surface area contributed by atoms with Crippen molar-refractivity contribution < 1.29 is 12.8 Å². The zero-order valence-electron chi connectivity index (χ0n) is 18.2. The van der Waals surface area contributed by atoms with Gasteiger partial charge < -0.3 is 9.32 Å². The van der Waals surface area contributed by atoms with Gasteiger partial charge in [0.15, 0.2) is 0 Å². The highest BCUT2D eigenvalue weighted by Crippen LogP contribution is 2.26. The lowest BCUT2D eigenvalue weighted by atomic mass is 10.1. The number of aromatic nitrogens is 2. The smallest absolute Gasteiger partial charge is 0.247 e. The fourth-order valence-electron chi connectivity index (χ4n) is 4.20. The van der Waals surface area contributed by atoms with Gasteiger partial charge in [0.2, 0.25) is 21.8 Å². The van der Waals surface area contributed by atoms with E-state index >= 15 is 0 Å². The Morgan fingerprint density at radius 1 is 0.935 bits per heavy atom. The molecule has 1 aromatic heterocycles. The molecule has 0 atom stereocenters. The van der Waals surface area contributed by atoms with E-state index in [1.807, 2.05) is 63.2 Å². The molecule has 0 radical (unpaired) electrons. The minimum atomic E-state index is -3.49. The number of benzene rings is 2. The van der Waals surface area contributed by atoms with Crippen LogP contribution in [0.25, 0.3) is 11.5 Å². The maximum absolute atomic E-state index is 13.2. The molecule has 1 saturated heterocycles. The van der Waals surface area contributed by atoms with Crippen molar-refractivity contribution in [3.8, 4) is 11.5 Å². The quantitative estimate of drug-likeness (QED) is 0.586. The third-order valence-corrected chi connectivity index (χ3v) is 7.87. The maximum atomic E-state index is 13.2. The van der Waals surface area contributed by atoms with E-state index in [0.717, 1.165) is 28.8 Å². The molecule has 1 fully saturated rings. The van der Waals surface area contributed by atoms with E-state index in [1.54, 1.807) is 4.31 Å². The van der Waals surface area contributed by atoms with E-state index in [0.29, 0.717) is 49.3 Å². The molecule has 31 heavy (non-hydrogen) atoms. The van der Waals surface area contributed by atoms with Crippen LogP contribution in [0.15, 0.2) is 51.8 Å². The van der Waals surface area contributed by atoms with Gasteiger partial charge in [-0.1, -0.05) is 35.9 Å². The first-order valence-corrected chi connectivity index (χ1v) is 12.0. The number of hydrogen-bond acceptors (Lipinski definition) is 6. The predicted molar refractivity (Wildman–Crippen MR) is 119 cm³/mol. The first-order chi connectivity index (χ1) is 14.8. The first-order valence-electron chi connectivity index (χ1n) is 10.5. The van der Waals surface area contributed by atoms with Crippen molar-refractivity contribution in [3.05, 3.63) is 65.0 Å². The average Bonchev–Trinajstić information content (AvgIpc) is 3.21. The lowest BCUT2D eigenvalue weighted by Crippen LogP contribution is -2.49. The standard InChI is InChI=1S/C23H28N4O3S/c1-17-15-18(2)22(19(3)16-17)31(28,29)27-13-11-26(12-14-27)10-9-21-24-25-23(30-21)20-7-5-4-6-8-20/h4-8,15-16H,9-14H2,1-3H3. The molecule has 3 aromatic rings. The van der Waals surface area contributed by atoms with Crippen LogP contribution in [0.4, 0.5) is 0 Å². The number of aryl methyl sites for hydroxylation is 3. The van der Waals surface area contributed by atoms with E-state index in [2.05, 4.69) is 15.1 Å². The van der Waals surface area contributed by atoms with E-state index in [9.17, 15) is 8.42 Å². The van der Waals surface area contributed by atoms with Crippen molar-refractivity contribution in [2.24, 2.45) is 0 Å². The van der Waals surface area contributed by atoms with Gasteiger partial charge in [0, 0.05) is 44.7 Å². The van der Waals surface area contributed by atoms with Gasteiger partial charge in [-0.2, -0.15) is 4.31 Å². The molecular weight excluding hydrogens is 412 g/mol. The topological polar surface area (TPSA) is 79.5 Å². The Morgan fingerprint density at radius 3 is 2.23 bits per heavy atom. The van der Waals surface area contributed by atoms with Crippen LogP contribution >= 0.6 is 0 Å². The maximum Gasteiger partial charge on any atom is 0.247 e. The van der Waals surface area contributed by atoms with Gasteiger partial charge in [0.1, 0.15) is 0 Å².